The van der Waals surface area contributed by atoms with Gasteiger partial charge in [-0.15, -0.1) is 0 Å². The summed E-state index contributed by atoms with van der Waals surface area (Å²) in [4.78, 5) is 0. The van der Waals surface area contributed by atoms with Crippen LogP contribution in [0.2, 0.25) is 0 Å². The van der Waals surface area contributed by atoms with Crippen molar-refractivity contribution in [3.8, 4) is 0 Å². The van der Waals surface area contributed by atoms with Crippen molar-refractivity contribution in [2.24, 2.45) is 0 Å². The van der Waals surface area contributed by atoms with Crippen molar-refractivity contribution in [1.82, 2.24) is 0 Å². The van der Waals surface area contributed by atoms with Gasteiger partial charge in [-0.25, -0.2) is 0 Å². The molecular weight excluding hydrogens is 276 g/mol. The molecule has 0 spiro atoms. The van der Waals surface area contributed by atoms with Crippen LogP contribution in [0.25, 0.3) is 0 Å². The minimum Gasteiger partial charge on any atom is -0.197 e. The predicted octanol–water partition coefficient (Wildman–Crippen LogP) is -0.273. The second-order valence-corrected chi connectivity index (χ2v) is 0. The van der Waals surface area contributed by atoms with Gasteiger partial charge in [-0.05, 0) is 0 Å². The van der Waals surface area contributed by atoms with Crippen molar-refractivity contribution in [3.05, 3.63) is 0 Å². The molecule has 0 aliphatic rings. The molecule has 0 N–H and O–H groups in total. The molecule has 24 valence electrons. The van der Waals surface area contributed by atoms with Gasteiger partial charge in [0.25, 0.3) is 0 Å². The molecule has 0 heterocycles. The van der Waals surface area contributed by atoms with E-state index in [0.29, 0.717) is 0 Å². The second kappa shape index (κ2) is 18.3. The zero-order chi connectivity index (χ0) is 0. The molecule has 0 aromatic heterocycles. The molecule has 0 saturated heterocycles. The van der Waals surface area contributed by atoms with E-state index >= 15 is 0 Å². The summed E-state index contributed by atoms with van der Waals surface area (Å²) in [5.41, 5.74) is 0. The first-order valence-corrected chi connectivity index (χ1v) is 0. The van der Waals surface area contributed by atoms with Crippen molar-refractivity contribution in [2.75, 3.05) is 0 Å². The number of hydrogen-bond acceptors (Lipinski definition) is 0. The molecule has 0 saturated carbocycles. The largest absolute Gasteiger partial charge is 0.197 e. The van der Waals surface area contributed by atoms with Crippen LogP contribution < -0.4 is 0 Å². The molecule has 0 nitrogen and oxygen atoms in total. The summed E-state index contributed by atoms with van der Waals surface area (Å²) in [5.74, 6) is 0. The van der Waals surface area contributed by atoms with Crippen LogP contribution in [0.5, 0.6) is 0 Å². The molecule has 0 unspecified atom stereocenters. The van der Waals surface area contributed by atoms with Gasteiger partial charge in [0.2, 0.25) is 0 Å². The summed E-state index contributed by atoms with van der Waals surface area (Å²) >= 11 is 0. The predicted molar refractivity (Wildman–Crippen MR) is 16.1 cm³/mol. The third-order valence-corrected chi connectivity index (χ3v) is 0. The summed E-state index contributed by atoms with van der Waals surface area (Å²) in [6, 6.07) is 0. The molecule has 0 aromatic carbocycles. The molecule has 0 aliphatic carbocycles. The van der Waals surface area contributed by atoms with Crippen LogP contribution in [0.3, 0.4) is 0 Å². The van der Waals surface area contributed by atoms with Gasteiger partial charge in [0.1, 0.15) is 0 Å². The zero-order valence-electron chi connectivity index (χ0n) is 2.09. The van der Waals surface area contributed by atoms with Crippen LogP contribution in [-0.2, 0) is 36.5 Å². The van der Waals surface area contributed by atoms with Crippen molar-refractivity contribution in [3.63, 3.8) is 0 Å². The van der Waals surface area contributed by atoms with E-state index in [0.717, 1.165) is 0 Å². The summed E-state index contributed by atoms with van der Waals surface area (Å²) in [6.07, 6.45) is 0. The van der Waals surface area contributed by atoms with E-state index in [9.17, 15) is 0 Å². The van der Waals surface area contributed by atoms with E-state index in [4.69, 9.17) is 0 Å². The Morgan fingerprint density at radius 2 is 1.00 bits per heavy atom. The Kier molecular flexibility index (Phi) is 150. The molecule has 0 amide bonds. The van der Waals surface area contributed by atoms with Crippen LogP contribution in [0.15, 0.2) is 0 Å². The van der Waals surface area contributed by atoms with Crippen LogP contribution in [0, 0.1) is 0 Å². The Bertz CT molecular complexity index is 8.00. The van der Waals surface area contributed by atoms with Gasteiger partial charge >= 0.3 is 0 Å². The Morgan fingerprint density at radius 3 is 1.00 bits per heavy atom. The average molecular weight is 278 g/mol. The molecule has 0 aliphatic heterocycles. The maximum Gasteiger partial charge on any atom is 0 e. The third kappa shape index (κ3) is 8.84. The monoisotopic (exact) mass is 276 g/mol. The topological polar surface area (TPSA) is 0 Å². The molecular formula is H2CuInSZn. The van der Waals surface area contributed by atoms with Gasteiger partial charge in [-0.3, -0.25) is 0 Å². The normalized spacial score (nSPS) is 0. The fourth-order valence-electron chi connectivity index (χ4n) is 0. The smallest absolute Gasteiger partial charge is 0 e. The Labute approximate surface area is 74.9 Å². The molecule has 0 rings (SSSR count). The van der Waals surface area contributed by atoms with E-state index in [1.165, 1.54) is 0 Å². The minimum atomic E-state index is 0. The van der Waals surface area contributed by atoms with Crippen LogP contribution in [-0.4, -0.2) is 25.8 Å². The van der Waals surface area contributed by atoms with Crippen molar-refractivity contribution < 1.29 is 36.5 Å². The summed E-state index contributed by atoms with van der Waals surface area (Å²) in [7, 11) is 0. The number of hydrogen-bond donors (Lipinski definition) is 0. The minimum absolute atomic E-state index is 0. The molecule has 0 aromatic rings. The molecule has 0 fully saturated rings. The maximum atomic E-state index is 0. The summed E-state index contributed by atoms with van der Waals surface area (Å²) in [5, 5.41) is 0. The van der Waals surface area contributed by atoms with E-state index in [2.05, 4.69) is 0 Å². The molecule has 0 bridgehead atoms. The van der Waals surface area contributed by atoms with Gasteiger partial charge in [-0.1, -0.05) is 0 Å². The van der Waals surface area contributed by atoms with Gasteiger partial charge in [0.15, 0.2) is 0 Å². The third-order valence-electron chi connectivity index (χ3n) is 0. The molecule has 0 atom stereocenters. The second-order valence-electron chi connectivity index (χ2n) is 0. The zero-order valence-corrected chi connectivity index (χ0v) is 10.3. The van der Waals surface area contributed by atoms with E-state index in [-0.39, 0.29) is 75.9 Å². The average Bonchev–Trinajstić information content (AvgIpc) is 0. The SMILES string of the molecule is S.[Cu].[In].[Zn]. The van der Waals surface area contributed by atoms with Crippen molar-refractivity contribution in [2.45, 2.75) is 0 Å². The quantitative estimate of drug-likeness (QED) is 0.535. The van der Waals surface area contributed by atoms with Crippen LogP contribution in [0.4, 0.5) is 0 Å². The van der Waals surface area contributed by atoms with Gasteiger partial charge in [-0.2, -0.15) is 13.5 Å². The molecule has 4 radical (unpaired) electrons. The van der Waals surface area contributed by atoms with Crippen molar-refractivity contribution in [1.29, 1.82) is 0 Å². The first-order chi connectivity index (χ1) is 0. The summed E-state index contributed by atoms with van der Waals surface area (Å²) < 4.78 is 0. The van der Waals surface area contributed by atoms with Gasteiger partial charge in [0.05, 0.1) is 0 Å². The summed E-state index contributed by atoms with van der Waals surface area (Å²) in [6.45, 7) is 0. The number of rotatable bonds is 0. The molecule has 4 heteroatoms. The first-order valence-electron chi connectivity index (χ1n) is 0. The fourth-order valence-corrected chi connectivity index (χ4v) is 0. The van der Waals surface area contributed by atoms with E-state index < -0.39 is 0 Å². The fraction of sp³-hybridized carbons (Fsp3) is 0. The van der Waals surface area contributed by atoms with Crippen LogP contribution >= 0.6 is 13.5 Å². The standard InChI is InChI=1S/Cu.In.H2S.Zn/h;;1H2;. The first kappa shape index (κ1) is 32.8. The Morgan fingerprint density at radius 1 is 1.00 bits per heavy atom. The molecule has 4 heavy (non-hydrogen) atoms. The maximum absolute atomic E-state index is 0. The van der Waals surface area contributed by atoms with E-state index in [1.54, 1.807) is 0 Å². The van der Waals surface area contributed by atoms with E-state index in [1.807, 2.05) is 0 Å². The Hall–Kier alpha value is 2.36. The Balaban J connectivity index is 0. The van der Waals surface area contributed by atoms with Gasteiger partial charge < -0.3 is 0 Å². The van der Waals surface area contributed by atoms with Crippen LogP contribution in [0.1, 0.15) is 0 Å². The van der Waals surface area contributed by atoms with Gasteiger partial charge in [0, 0.05) is 62.4 Å². The van der Waals surface area contributed by atoms with Crippen molar-refractivity contribution >= 4 is 39.3 Å².